The number of nitrogens with zero attached hydrogens (tertiary/aromatic N) is 3. The number of hydrogen-bond donors (Lipinski definition) is 2. The Morgan fingerprint density at radius 2 is 1.95 bits per heavy atom. The number of aliphatic hydroxyl groups is 1. The standard InChI is InChI=1S/C31H36N4O5/c1-21-18-35(22(2)20-36)30(37)27-15-24(14-13-23-9-6-5-7-10-23)17-32-29(27)40-28(21)19-34(3)31(38)33-25-11-8-12-26(16-25)39-4/h5-17,21-22,28,36H,18-20H2,1-4H3,(H,33,38)/t21-,22-,28-/m0/s1. The van der Waals surface area contributed by atoms with Gasteiger partial charge in [0, 0.05) is 37.5 Å². The van der Waals surface area contributed by atoms with Crippen molar-refractivity contribution in [1.29, 1.82) is 0 Å². The van der Waals surface area contributed by atoms with E-state index in [1.807, 2.05) is 56.3 Å². The maximum Gasteiger partial charge on any atom is 0.321 e. The van der Waals surface area contributed by atoms with Crippen molar-refractivity contribution in [3.63, 3.8) is 0 Å². The number of pyridine rings is 1. The smallest absolute Gasteiger partial charge is 0.321 e. The molecule has 40 heavy (non-hydrogen) atoms. The minimum absolute atomic E-state index is 0.155. The summed E-state index contributed by atoms with van der Waals surface area (Å²) in [7, 11) is 3.26. The van der Waals surface area contributed by atoms with Crippen molar-refractivity contribution in [3.05, 3.63) is 83.6 Å². The Bertz CT molecular complexity index is 1350. The summed E-state index contributed by atoms with van der Waals surface area (Å²) in [6.07, 6.45) is 5.05. The molecular formula is C31H36N4O5. The van der Waals surface area contributed by atoms with Crippen molar-refractivity contribution < 1.29 is 24.2 Å². The monoisotopic (exact) mass is 544 g/mol. The van der Waals surface area contributed by atoms with Gasteiger partial charge in [0.05, 0.1) is 26.3 Å². The molecule has 2 N–H and O–H groups in total. The molecule has 9 heteroatoms. The second-order valence-electron chi connectivity index (χ2n) is 10.0. The molecule has 4 rings (SSSR count). The maximum absolute atomic E-state index is 13.6. The number of rotatable bonds is 8. The number of carbonyl (C=O) groups excluding carboxylic acids is 2. The molecule has 0 aliphatic carbocycles. The fraction of sp³-hybridized carbons (Fsp3) is 0.323. The summed E-state index contributed by atoms with van der Waals surface area (Å²) in [4.78, 5) is 34.3. The number of methoxy groups -OCH3 is 1. The molecule has 1 aromatic heterocycles. The molecule has 3 atom stereocenters. The number of hydrogen-bond acceptors (Lipinski definition) is 6. The lowest BCUT2D eigenvalue weighted by Gasteiger charge is -2.37. The van der Waals surface area contributed by atoms with E-state index >= 15 is 0 Å². The molecule has 0 radical (unpaired) electrons. The summed E-state index contributed by atoms with van der Waals surface area (Å²) in [5.74, 6) is 0.432. The fourth-order valence-corrected chi connectivity index (χ4v) is 4.46. The number of likely N-dealkylation sites (N-methyl/N-ethyl adjacent to an activating group) is 1. The molecular weight excluding hydrogens is 508 g/mol. The number of ether oxygens (including phenoxy) is 2. The van der Waals surface area contributed by atoms with Crippen molar-refractivity contribution in [2.24, 2.45) is 5.92 Å². The molecule has 0 fully saturated rings. The molecule has 0 saturated carbocycles. The minimum atomic E-state index is -0.459. The van der Waals surface area contributed by atoms with Gasteiger partial charge >= 0.3 is 6.03 Å². The first-order valence-corrected chi connectivity index (χ1v) is 13.3. The quantitative estimate of drug-likeness (QED) is 0.428. The molecule has 2 aromatic carbocycles. The van der Waals surface area contributed by atoms with E-state index in [0.29, 0.717) is 23.5 Å². The van der Waals surface area contributed by atoms with E-state index in [9.17, 15) is 14.7 Å². The number of aliphatic hydroxyl groups excluding tert-OH is 1. The van der Waals surface area contributed by atoms with E-state index in [0.717, 1.165) is 11.1 Å². The predicted molar refractivity (Wildman–Crippen MR) is 155 cm³/mol. The predicted octanol–water partition coefficient (Wildman–Crippen LogP) is 4.64. The van der Waals surface area contributed by atoms with Gasteiger partial charge in [-0.1, -0.05) is 55.5 Å². The topological polar surface area (TPSA) is 104 Å². The highest BCUT2D eigenvalue weighted by Gasteiger charge is 2.34. The van der Waals surface area contributed by atoms with Crippen molar-refractivity contribution >= 4 is 29.8 Å². The lowest BCUT2D eigenvalue weighted by molar-refractivity contribution is 0.0356. The lowest BCUT2D eigenvalue weighted by atomic mass is 10.00. The highest BCUT2D eigenvalue weighted by Crippen LogP contribution is 2.28. The van der Waals surface area contributed by atoms with Crippen LogP contribution in [0.1, 0.15) is 35.3 Å². The highest BCUT2D eigenvalue weighted by atomic mass is 16.5. The van der Waals surface area contributed by atoms with E-state index in [-0.39, 0.29) is 36.9 Å². The van der Waals surface area contributed by atoms with Crippen LogP contribution in [0.2, 0.25) is 0 Å². The average Bonchev–Trinajstić information content (AvgIpc) is 2.98. The third-order valence-electron chi connectivity index (χ3n) is 6.93. The molecule has 1 aliphatic rings. The molecule has 0 saturated heterocycles. The third-order valence-corrected chi connectivity index (χ3v) is 6.93. The summed E-state index contributed by atoms with van der Waals surface area (Å²) in [6, 6.07) is 18.0. The Balaban J connectivity index is 1.58. The number of fused-ring (bicyclic) bond motifs is 1. The van der Waals surface area contributed by atoms with Crippen LogP contribution < -0.4 is 14.8 Å². The van der Waals surface area contributed by atoms with Gasteiger partial charge in [-0.2, -0.15) is 0 Å². The van der Waals surface area contributed by atoms with E-state index in [1.165, 1.54) is 0 Å². The number of carbonyl (C=O) groups is 2. The van der Waals surface area contributed by atoms with Crippen LogP contribution in [0.3, 0.4) is 0 Å². The second-order valence-corrected chi connectivity index (χ2v) is 10.0. The maximum atomic E-state index is 13.6. The zero-order valence-electron chi connectivity index (χ0n) is 23.3. The number of anilines is 1. The first-order valence-electron chi connectivity index (χ1n) is 13.3. The highest BCUT2D eigenvalue weighted by molar-refractivity contribution is 5.97. The van der Waals surface area contributed by atoms with Crippen LogP contribution in [-0.4, -0.2) is 77.8 Å². The number of aromatic nitrogens is 1. The van der Waals surface area contributed by atoms with Crippen LogP contribution in [0.5, 0.6) is 11.6 Å². The largest absolute Gasteiger partial charge is 0.497 e. The van der Waals surface area contributed by atoms with E-state index in [1.54, 1.807) is 60.5 Å². The van der Waals surface area contributed by atoms with Gasteiger partial charge in [0.25, 0.3) is 5.91 Å². The van der Waals surface area contributed by atoms with E-state index < -0.39 is 12.1 Å². The molecule has 9 nitrogen and oxygen atoms in total. The Hall–Kier alpha value is -4.37. The molecule has 0 spiro atoms. The van der Waals surface area contributed by atoms with Crippen LogP contribution in [0.4, 0.5) is 10.5 Å². The fourth-order valence-electron chi connectivity index (χ4n) is 4.46. The minimum Gasteiger partial charge on any atom is -0.497 e. The van der Waals surface area contributed by atoms with Crippen molar-refractivity contribution in [1.82, 2.24) is 14.8 Å². The summed E-state index contributed by atoms with van der Waals surface area (Å²) >= 11 is 0. The molecule has 3 aromatic rings. The van der Waals surface area contributed by atoms with Crippen molar-refractivity contribution in [2.75, 3.05) is 39.2 Å². The Morgan fingerprint density at radius 3 is 2.67 bits per heavy atom. The van der Waals surface area contributed by atoms with Crippen LogP contribution in [0.15, 0.2) is 66.9 Å². The van der Waals surface area contributed by atoms with Gasteiger partial charge in [0.1, 0.15) is 17.4 Å². The second kappa shape index (κ2) is 13.1. The molecule has 2 heterocycles. The summed E-state index contributed by atoms with van der Waals surface area (Å²) in [5, 5.41) is 12.8. The van der Waals surface area contributed by atoms with Crippen LogP contribution in [0.25, 0.3) is 12.2 Å². The molecule has 0 unspecified atom stereocenters. The Labute approximate surface area is 235 Å². The van der Waals surface area contributed by atoms with Gasteiger partial charge in [0.2, 0.25) is 5.88 Å². The molecule has 1 aliphatic heterocycles. The zero-order valence-corrected chi connectivity index (χ0v) is 23.3. The third kappa shape index (κ3) is 6.98. The number of benzene rings is 2. The van der Waals surface area contributed by atoms with Crippen molar-refractivity contribution in [3.8, 4) is 11.6 Å². The number of nitrogens with one attached hydrogen (secondary N) is 1. The first kappa shape index (κ1) is 28.6. The van der Waals surface area contributed by atoms with Gasteiger partial charge in [0.15, 0.2) is 0 Å². The van der Waals surface area contributed by atoms with Gasteiger partial charge in [-0.25, -0.2) is 9.78 Å². The van der Waals surface area contributed by atoms with Crippen LogP contribution in [-0.2, 0) is 0 Å². The SMILES string of the molecule is COc1cccc(NC(=O)N(C)C[C@@H]2Oc3ncc(C=Cc4ccccc4)cc3C(=O)N([C@@H](C)CO)C[C@@H]2C)c1. The van der Waals surface area contributed by atoms with E-state index in [4.69, 9.17) is 9.47 Å². The molecule has 3 amide bonds. The first-order chi connectivity index (χ1) is 19.3. The average molecular weight is 545 g/mol. The van der Waals surface area contributed by atoms with Crippen LogP contribution >= 0.6 is 0 Å². The number of urea groups is 1. The van der Waals surface area contributed by atoms with Gasteiger partial charge in [-0.3, -0.25) is 4.79 Å². The summed E-state index contributed by atoms with van der Waals surface area (Å²) in [5.41, 5.74) is 2.70. The zero-order chi connectivity index (χ0) is 28.6. The normalized spacial score (nSPS) is 17.8. The lowest BCUT2D eigenvalue weighted by Crippen LogP contribution is -2.50. The van der Waals surface area contributed by atoms with Crippen molar-refractivity contribution in [2.45, 2.75) is 26.0 Å². The molecule has 210 valence electrons. The van der Waals surface area contributed by atoms with Gasteiger partial charge in [-0.05, 0) is 36.2 Å². The Kier molecular flexibility index (Phi) is 9.39. The Morgan fingerprint density at radius 1 is 1.20 bits per heavy atom. The molecule has 0 bridgehead atoms. The summed E-state index contributed by atoms with van der Waals surface area (Å²) in [6.45, 7) is 4.19. The van der Waals surface area contributed by atoms with Crippen LogP contribution in [0, 0.1) is 5.92 Å². The van der Waals surface area contributed by atoms with Gasteiger partial charge in [-0.15, -0.1) is 0 Å². The number of amides is 3. The summed E-state index contributed by atoms with van der Waals surface area (Å²) < 4.78 is 11.6. The van der Waals surface area contributed by atoms with E-state index in [2.05, 4.69) is 10.3 Å². The van der Waals surface area contributed by atoms with Gasteiger partial charge < -0.3 is 29.7 Å².